The molecule has 3 aromatic rings. The minimum Gasteiger partial charge on any atom is -0.383 e. The van der Waals surface area contributed by atoms with Gasteiger partial charge in [0.1, 0.15) is 4.83 Å². The molecule has 0 atom stereocenters. The summed E-state index contributed by atoms with van der Waals surface area (Å²) in [5.41, 5.74) is 1.95. The molecular weight excluding hydrogens is 440 g/mol. The number of hydrogen-bond acceptors (Lipinski definition) is 8. The van der Waals surface area contributed by atoms with E-state index in [9.17, 15) is 9.59 Å². The third-order valence-corrected chi connectivity index (χ3v) is 7.73. The molecule has 0 saturated carbocycles. The Balaban J connectivity index is 1.92. The van der Waals surface area contributed by atoms with Crippen LogP contribution in [0.15, 0.2) is 15.3 Å². The van der Waals surface area contributed by atoms with Crippen molar-refractivity contribution in [1.82, 2.24) is 14.5 Å². The standard InChI is InChI=1S/C20H26N4O3S3/c1-6-15-12(3)30-17-16(15)18(26)24(8-9-27-5)20(22-17)29-11-14-10-28-19(21-14)23(7-2)13(4)25/h10H,6-9,11H2,1-5H3. The molecule has 1 amide bonds. The van der Waals surface area contributed by atoms with Gasteiger partial charge in [-0.05, 0) is 25.8 Å². The first kappa shape index (κ1) is 22.9. The number of carbonyl (C=O) groups excluding carboxylic acids is 1. The van der Waals surface area contributed by atoms with Gasteiger partial charge < -0.3 is 4.74 Å². The summed E-state index contributed by atoms with van der Waals surface area (Å²) in [6.45, 7) is 9.06. The van der Waals surface area contributed by atoms with Gasteiger partial charge in [0.25, 0.3) is 5.56 Å². The molecular formula is C20H26N4O3S3. The highest BCUT2D eigenvalue weighted by molar-refractivity contribution is 7.98. The Morgan fingerprint density at radius 2 is 2.10 bits per heavy atom. The minimum absolute atomic E-state index is 0.00606. The highest BCUT2D eigenvalue weighted by Crippen LogP contribution is 2.31. The molecule has 0 saturated heterocycles. The van der Waals surface area contributed by atoms with Gasteiger partial charge in [-0.3, -0.25) is 19.1 Å². The monoisotopic (exact) mass is 466 g/mol. The van der Waals surface area contributed by atoms with Crippen molar-refractivity contribution < 1.29 is 9.53 Å². The predicted molar refractivity (Wildman–Crippen MR) is 125 cm³/mol. The fraction of sp³-hybridized carbons (Fsp3) is 0.500. The Hall–Kier alpha value is -1.75. The maximum atomic E-state index is 13.3. The lowest BCUT2D eigenvalue weighted by Crippen LogP contribution is -2.27. The zero-order chi connectivity index (χ0) is 21.8. The second kappa shape index (κ2) is 10.0. The number of carbonyl (C=O) groups is 1. The van der Waals surface area contributed by atoms with Gasteiger partial charge in [-0.1, -0.05) is 18.7 Å². The summed E-state index contributed by atoms with van der Waals surface area (Å²) in [6, 6.07) is 0. The molecule has 3 aromatic heterocycles. The van der Waals surface area contributed by atoms with Crippen LogP contribution in [0.3, 0.4) is 0 Å². The van der Waals surface area contributed by atoms with E-state index in [4.69, 9.17) is 9.72 Å². The van der Waals surface area contributed by atoms with E-state index < -0.39 is 0 Å². The van der Waals surface area contributed by atoms with Crippen molar-refractivity contribution in [3.8, 4) is 0 Å². The number of methoxy groups -OCH3 is 1. The summed E-state index contributed by atoms with van der Waals surface area (Å²) < 4.78 is 6.93. The molecule has 0 aromatic carbocycles. The molecule has 0 spiro atoms. The van der Waals surface area contributed by atoms with Crippen LogP contribution in [0.4, 0.5) is 5.13 Å². The number of aryl methyl sites for hydroxylation is 2. The van der Waals surface area contributed by atoms with E-state index in [0.717, 1.165) is 32.8 Å². The summed E-state index contributed by atoms with van der Waals surface area (Å²) in [6.07, 6.45) is 0.811. The summed E-state index contributed by atoms with van der Waals surface area (Å²) in [7, 11) is 1.63. The molecule has 162 valence electrons. The zero-order valence-corrected chi connectivity index (χ0v) is 20.3. The van der Waals surface area contributed by atoms with Gasteiger partial charge in [0.2, 0.25) is 5.91 Å². The van der Waals surface area contributed by atoms with Crippen LogP contribution in [0, 0.1) is 6.92 Å². The van der Waals surface area contributed by atoms with Crippen LogP contribution in [0.2, 0.25) is 0 Å². The average molecular weight is 467 g/mol. The largest absolute Gasteiger partial charge is 0.383 e. The number of fused-ring (bicyclic) bond motifs is 1. The number of thiophene rings is 1. The first-order valence-corrected chi connectivity index (χ1v) is 12.5. The minimum atomic E-state index is -0.0219. The maximum Gasteiger partial charge on any atom is 0.263 e. The summed E-state index contributed by atoms with van der Waals surface area (Å²) >= 11 is 4.51. The molecule has 0 bridgehead atoms. The van der Waals surface area contributed by atoms with Crippen LogP contribution in [0.1, 0.15) is 36.9 Å². The Bertz CT molecular complexity index is 1100. The molecule has 0 aliphatic carbocycles. The van der Waals surface area contributed by atoms with Gasteiger partial charge in [-0.15, -0.1) is 22.7 Å². The summed E-state index contributed by atoms with van der Waals surface area (Å²) in [5.74, 6) is 0.549. The van der Waals surface area contributed by atoms with Gasteiger partial charge in [-0.2, -0.15) is 0 Å². The SMILES string of the molecule is CCc1c(C)sc2nc(SCc3csc(N(CC)C(C)=O)n3)n(CCOC)c(=O)c12. The van der Waals surface area contributed by atoms with Crippen LogP contribution >= 0.6 is 34.4 Å². The Labute approximate surface area is 188 Å². The van der Waals surface area contributed by atoms with Crippen LogP contribution in [0.5, 0.6) is 0 Å². The first-order valence-electron chi connectivity index (χ1n) is 9.78. The topological polar surface area (TPSA) is 77.3 Å². The maximum absolute atomic E-state index is 13.3. The van der Waals surface area contributed by atoms with Gasteiger partial charge >= 0.3 is 0 Å². The smallest absolute Gasteiger partial charge is 0.263 e. The first-order chi connectivity index (χ1) is 14.4. The number of amides is 1. The molecule has 10 heteroatoms. The quantitative estimate of drug-likeness (QED) is 0.349. The van der Waals surface area contributed by atoms with Crippen molar-refractivity contribution in [2.24, 2.45) is 0 Å². The number of thiazole rings is 1. The summed E-state index contributed by atoms with van der Waals surface area (Å²) in [4.78, 5) is 38.0. The number of thioether (sulfide) groups is 1. The molecule has 0 aliphatic heterocycles. The second-order valence-electron chi connectivity index (χ2n) is 6.69. The molecule has 0 unspecified atom stereocenters. The third-order valence-electron chi connectivity index (χ3n) is 4.77. The normalized spacial score (nSPS) is 11.4. The highest BCUT2D eigenvalue weighted by Gasteiger charge is 2.19. The number of rotatable bonds is 9. The van der Waals surface area contributed by atoms with Crippen LogP contribution in [-0.4, -0.2) is 40.7 Å². The molecule has 0 aliphatic rings. The van der Waals surface area contributed by atoms with E-state index in [1.165, 1.54) is 23.1 Å². The Kier molecular flexibility index (Phi) is 7.67. The summed E-state index contributed by atoms with van der Waals surface area (Å²) in [5, 5.41) is 4.05. The van der Waals surface area contributed by atoms with E-state index >= 15 is 0 Å². The second-order valence-corrected chi connectivity index (χ2v) is 9.67. The van der Waals surface area contributed by atoms with Gasteiger partial charge in [0, 0.05) is 36.6 Å². The molecule has 0 fully saturated rings. The number of nitrogens with zero attached hydrogens (tertiary/aromatic N) is 4. The van der Waals surface area contributed by atoms with E-state index in [0.29, 0.717) is 35.7 Å². The lowest BCUT2D eigenvalue weighted by molar-refractivity contribution is -0.116. The molecule has 0 N–H and O–H groups in total. The van der Waals surface area contributed by atoms with Gasteiger partial charge in [0.15, 0.2) is 10.3 Å². The van der Waals surface area contributed by atoms with E-state index in [1.807, 2.05) is 19.2 Å². The molecule has 3 heterocycles. The van der Waals surface area contributed by atoms with Crippen LogP contribution in [0.25, 0.3) is 10.2 Å². The third kappa shape index (κ3) is 4.61. The van der Waals surface area contributed by atoms with E-state index in [2.05, 4.69) is 11.9 Å². The van der Waals surface area contributed by atoms with Crippen molar-refractivity contribution in [2.45, 2.75) is 51.6 Å². The van der Waals surface area contributed by atoms with Gasteiger partial charge in [-0.25, -0.2) is 9.97 Å². The lowest BCUT2D eigenvalue weighted by Gasteiger charge is -2.14. The fourth-order valence-electron chi connectivity index (χ4n) is 3.26. The van der Waals surface area contributed by atoms with Crippen molar-refractivity contribution in [2.75, 3.05) is 25.2 Å². The van der Waals surface area contributed by atoms with E-state index in [1.54, 1.807) is 34.8 Å². The van der Waals surface area contributed by atoms with Crippen molar-refractivity contribution in [3.05, 3.63) is 31.9 Å². The van der Waals surface area contributed by atoms with E-state index in [-0.39, 0.29) is 11.5 Å². The Morgan fingerprint density at radius 3 is 2.73 bits per heavy atom. The van der Waals surface area contributed by atoms with Crippen molar-refractivity contribution in [3.63, 3.8) is 0 Å². The molecule has 0 radical (unpaired) electrons. The predicted octanol–water partition coefficient (Wildman–Crippen LogP) is 4.10. The fourth-order valence-corrected chi connectivity index (χ4v) is 6.38. The van der Waals surface area contributed by atoms with Crippen molar-refractivity contribution >= 4 is 55.7 Å². The number of hydrogen-bond donors (Lipinski definition) is 0. The van der Waals surface area contributed by atoms with Crippen LogP contribution < -0.4 is 10.5 Å². The molecule has 30 heavy (non-hydrogen) atoms. The molecule has 7 nitrogen and oxygen atoms in total. The number of anilines is 1. The zero-order valence-electron chi connectivity index (χ0n) is 17.9. The van der Waals surface area contributed by atoms with Crippen LogP contribution in [-0.2, 0) is 28.2 Å². The number of ether oxygens (including phenoxy) is 1. The highest BCUT2D eigenvalue weighted by atomic mass is 32.2. The van der Waals surface area contributed by atoms with Gasteiger partial charge in [0.05, 0.1) is 24.2 Å². The van der Waals surface area contributed by atoms with Crippen molar-refractivity contribution in [1.29, 1.82) is 0 Å². The number of aromatic nitrogens is 3. The Morgan fingerprint density at radius 1 is 1.33 bits per heavy atom. The average Bonchev–Trinajstić information content (AvgIpc) is 3.29. The lowest BCUT2D eigenvalue weighted by atomic mass is 10.1. The molecule has 3 rings (SSSR count).